The summed E-state index contributed by atoms with van der Waals surface area (Å²) in [5, 5.41) is 9.62. The number of nitrogens with zero attached hydrogens (tertiary/aromatic N) is 4. The van der Waals surface area contributed by atoms with E-state index in [-0.39, 0.29) is 6.61 Å². The van der Waals surface area contributed by atoms with Crippen LogP contribution in [0.5, 0.6) is 0 Å². The normalized spacial score (nSPS) is 11.6. The number of carbonyl (C=O) groups is 1. The van der Waals surface area contributed by atoms with Crippen LogP contribution in [0.15, 0.2) is 36.9 Å². The molecule has 6 heteroatoms. The number of benzene rings is 1. The summed E-state index contributed by atoms with van der Waals surface area (Å²) in [4.78, 5) is 23.8. The van der Waals surface area contributed by atoms with Crippen LogP contribution in [0.1, 0.15) is 38.3 Å². The summed E-state index contributed by atoms with van der Waals surface area (Å²) in [6.07, 6.45) is 3.32. The Labute approximate surface area is 154 Å². The zero-order valence-corrected chi connectivity index (χ0v) is 15.3. The fourth-order valence-electron chi connectivity index (χ4n) is 2.74. The molecule has 0 amide bonds. The SMILES string of the molecule is C=CCOC(=O)[C@H](C#N)c1nc2ccccc2nc1N(CCC)CCC. The Kier molecular flexibility index (Phi) is 7.10. The maximum atomic E-state index is 12.4. The standard InChI is InChI=1S/C20H24N4O2/c1-4-11-24(12-5-2)19-18(15(14-21)20(25)26-13-6-3)22-16-9-7-8-10-17(16)23-19/h6-10,15H,3-5,11-13H2,1-2H3/t15-/m1/s1. The maximum absolute atomic E-state index is 12.4. The van der Waals surface area contributed by atoms with Gasteiger partial charge in [-0.1, -0.05) is 38.6 Å². The van der Waals surface area contributed by atoms with Crippen molar-refractivity contribution in [2.75, 3.05) is 24.6 Å². The quantitative estimate of drug-likeness (QED) is 0.507. The van der Waals surface area contributed by atoms with E-state index in [1.165, 1.54) is 6.08 Å². The second kappa shape index (κ2) is 9.52. The summed E-state index contributed by atoms with van der Waals surface area (Å²) in [5.74, 6) is -1.18. The molecular weight excluding hydrogens is 328 g/mol. The van der Waals surface area contributed by atoms with Crippen LogP contribution in [-0.2, 0) is 9.53 Å². The van der Waals surface area contributed by atoms with Crippen molar-refractivity contribution in [1.29, 1.82) is 5.26 Å². The van der Waals surface area contributed by atoms with Gasteiger partial charge in [-0.15, -0.1) is 0 Å². The number of nitriles is 1. The van der Waals surface area contributed by atoms with E-state index < -0.39 is 11.9 Å². The Hall–Kier alpha value is -2.94. The van der Waals surface area contributed by atoms with Gasteiger partial charge in [-0.3, -0.25) is 4.79 Å². The van der Waals surface area contributed by atoms with Gasteiger partial charge in [-0.25, -0.2) is 9.97 Å². The molecule has 2 rings (SSSR count). The van der Waals surface area contributed by atoms with E-state index in [0.29, 0.717) is 17.0 Å². The van der Waals surface area contributed by atoms with Crippen LogP contribution in [0.25, 0.3) is 11.0 Å². The molecule has 0 saturated carbocycles. The Morgan fingerprint density at radius 2 is 1.88 bits per heavy atom. The molecule has 0 saturated heterocycles. The van der Waals surface area contributed by atoms with Crippen molar-refractivity contribution in [2.45, 2.75) is 32.6 Å². The van der Waals surface area contributed by atoms with Gasteiger partial charge in [0.1, 0.15) is 12.3 Å². The highest BCUT2D eigenvalue weighted by Crippen LogP contribution is 2.28. The lowest BCUT2D eigenvalue weighted by atomic mass is 10.1. The molecule has 0 bridgehead atoms. The summed E-state index contributed by atoms with van der Waals surface area (Å²) < 4.78 is 5.10. The molecule has 1 aromatic heterocycles. The molecule has 136 valence electrons. The average molecular weight is 352 g/mol. The van der Waals surface area contributed by atoms with Crippen molar-refractivity contribution in [2.24, 2.45) is 0 Å². The smallest absolute Gasteiger partial charge is 0.330 e. The number of hydrogen-bond acceptors (Lipinski definition) is 6. The van der Waals surface area contributed by atoms with E-state index in [9.17, 15) is 10.1 Å². The molecule has 0 aliphatic heterocycles. The van der Waals surface area contributed by atoms with Crippen molar-refractivity contribution in [3.8, 4) is 6.07 Å². The van der Waals surface area contributed by atoms with E-state index in [1.807, 2.05) is 30.3 Å². The van der Waals surface area contributed by atoms with Gasteiger partial charge < -0.3 is 9.64 Å². The first-order chi connectivity index (χ1) is 12.7. The minimum absolute atomic E-state index is 0.0565. The fraction of sp³-hybridized carbons (Fsp3) is 0.400. The van der Waals surface area contributed by atoms with Crippen LogP contribution in [-0.4, -0.2) is 35.6 Å². The molecule has 0 spiro atoms. The Balaban J connectivity index is 2.59. The number of rotatable bonds is 9. The van der Waals surface area contributed by atoms with Crippen LogP contribution < -0.4 is 4.90 Å². The monoisotopic (exact) mass is 352 g/mol. The highest BCUT2D eigenvalue weighted by molar-refractivity contribution is 5.85. The molecule has 2 aromatic rings. The first-order valence-corrected chi connectivity index (χ1v) is 8.85. The lowest BCUT2D eigenvalue weighted by Gasteiger charge is -2.25. The van der Waals surface area contributed by atoms with Crippen LogP contribution in [0.4, 0.5) is 5.82 Å². The summed E-state index contributed by atoms with van der Waals surface area (Å²) in [7, 11) is 0. The van der Waals surface area contributed by atoms with E-state index in [4.69, 9.17) is 9.72 Å². The maximum Gasteiger partial charge on any atom is 0.330 e. The van der Waals surface area contributed by atoms with Gasteiger partial charge in [0.2, 0.25) is 0 Å². The number of para-hydroxylation sites is 2. The summed E-state index contributed by atoms with van der Waals surface area (Å²) in [6, 6.07) is 9.48. The number of anilines is 1. The molecule has 0 aliphatic rings. The highest BCUT2D eigenvalue weighted by atomic mass is 16.5. The van der Waals surface area contributed by atoms with E-state index >= 15 is 0 Å². The molecule has 0 fully saturated rings. The van der Waals surface area contributed by atoms with Crippen LogP contribution in [0, 0.1) is 11.3 Å². The van der Waals surface area contributed by atoms with Gasteiger partial charge >= 0.3 is 5.97 Å². The van der Waals surface area contributed by atoms with Crippen molar-refractivity contribution in [1.82, 2.24) is 9.97 Å². The minimum atomic E-state index is -1.13. The summed E-state index contributed by atoms with van der Waals surface area (Å²) in [6.45, 7) is 9.29. The van der Waals surface area contributed by atoms with Crippen molar-refractivity contribution in [3.05, 3.63) is 42.6 Å². The lowest BCUT2D eigenvalue weighted by molar-refractivity contribution is -0.142. The van der Waals surface area contributed by atoms with Gasteiger partial charge in [-0.2, -0.15) is 5.26 Å². The highest BCUT2D eigenvalue weighted by Gasteiger charge is 2.29. The van der Waals surface area contributed by atoms with Gasteiger partial charge in [0.15, 0.2) is 11.7 Å². The third-order valence-corrected chi connectivity index (χ3v) is 3.85. The van der Waals surface area contributed by atoms with Crippen LogP contribution >= 0.6 is 0 Å². The van der Waals surface area contributed by atoms with Crippen LogP contribution in [0.3, 0.4) is 0 Å². The Bertz CT molecular complexity index is 807. The molecule has 6 nitrogen and oxygen atoms in total. The molecule has 0 N–H and O–H groups in total. The van der Waals surface area contributed by atoms with Crippen molar-refractivity contribution < 1.29 is 9.53 Å². The van der Waals surface area contributed by atoms with Crippen molar-refractivity contribution in [3.63, 3.8) is 0 Å². The minimum Gasteiger partial charge on any atom is -0.460 e. The Morgan fingerprint density at radius 3 is 2.42 bits per heavy atom. The van der Waals surface area contributed by atoms with E-state index in [1.54, 1.807) is 0 Å². The summed E-state index contributed by atoms with van der Waals surface area (Å²) >= 11 is 0. The molecule has 1 atom stereocenters. The molecule has 1 heterocycles. The van der Waals surface area contributed by atoms with Gasteiger partial charge in [0, 0.05) is 13.1 Å². The zero-order valence-electron chi connectivity index (χ0n) is 15.3. The number of aromatic nitrogens is 2. The fourth-order valence-corrected chi connectivity index (χ4v) is 2.74. The molecule has 0 aliphatic carbocycles. The summed E-state index contributed by atoms with van der Waals surface area (Å²) in [5.41, 5.74) is 1.73. The third kappa shape index (κ3) is 4.37. The number of fused-ring (bicyclic) bond motifs is 1. The second-order valence-electron chi connectivity index (χ2n) is 5.89. The lowest BCUT2D eigenvalue weighted by Crippen LogP contribution is -2.29. The predicted molar refractivity (Wildman–Crippen MR) is 102 cm³/mol. The molecule has 0 radical (unpaired) electrons. The molecule has 26 heavy (non-hydrogen) atoms. The zero-order chi connectivity index (χ0) is 18.9. The molecule has 0 unspecified atom stereocenters. The largest absolute Gasteiger partial charge is 0.460 e. The van der Waals surface area contributed by atoms with E-state index in [0.717, 1.165) is 31.4 Å². The average Bonchev–Trinajstić information content (AvgIpc) is 2.66. The number of esters is 1. The Morgan fingerprint density at radius 1 is 1.27 bits per heavy atom. The van der Waals surface area contributed by atoms with Crippen molar-refractivity contribution >= 4 is 22.8 Å². The first-order valence-electron chi connectivity index (χ1n) is 8.85. The predicted octanol–water partition coefficient (Wildman–Crippen LogP) is 3.59. The number of carbonyl (C=O) groups excluding carboxylic acids is 1. The van der Waals surface area contributed by atoms with Gasteiger partial charge in [-0.05, 0) is 25.0 Å². The van der Waals surface area contributed by atoms with E-state index in [2.05, 4.69) is 30.3 Å². The number of ether oxygens (including phenoxy) is 1. The topological polar surface area (TPSA) is 79.1 Å². The van der Waals surface area contributed by atoms with Gasteiger partial charge in [0.25, 0.3) is 0 Å². The van der Waals surface area contributed by atoms with Crippen LogP contribution in [0.2, 0.25) is 0 Å². The second-order valence-corrected chi connectivity index (χ2v) is 5.89. The van der Waals surface area contributed by atoms with Gasteiger partial charge in [0.05, 0.1) is 17.1 Å². The number of hydrogen-bond donors (Lipinski definition) is 0. The first kappa shape index (κ1) is 19.4. The molecule has 1 aromatic carbocycles. The third-order valence-electron chi connectivity index (χ3n) is 3.85. The molecular formula is C20H24N4O2.